The monoisotopic (exact) mass is 378 g/mol. The minimum atomic E-state index is -0.232. The van der Waals surface area contributed by atoms with Crippen LogP contribution in [0.3, 0.4) is 0 Å². The molecular weight excluding hydrogens is 352 g/mol. The highest BCUT2D eigenvalue weighted by atomic mass is 16.2. The molecule has 1 aromatic carbocycles. The first-order chi connectivity index (χ1) is 13.7. The van der Waals surface area contributed by atoms with Gasteiger partial charge in [-0.15, -0.1) is 0 Å². The van der Waals surface area contributed by atoms with Crippen LogP contribution in [0, 0.1) is 0 Å². The predicted octanol–water partition coefficient (Wildman–Crippen LogP) is 3.03. The summed E-state index contributed by atoms with van der Waals surface area (Å²) in [6, 6.07) is 11.2. The summed E-state index contributed by atoms with van der Waals surface area (Å²) in [5, 5.41) is 2.84. The molecule has 2 aliphatic rings. The maximum atomic E-state index is 12.9. The Labute approximate surface area is 165 Å². The molecule has 2 aromatic rings. The van der Waals surface area contributed by atoms with Gasteiger partial charge in [0.15, 0.2) is 0 Å². The SMILES string of the molecule is O=C(Nc1cccc(C(=O)N2CCC(N3CCCC3)CC2)c1)c1cccnc1. The van der Waals surface area contributed by atoms with Gasteiger partial charge in [-0.1, -0.05) is 6.07 Å². The molecule has 2 saturated heterocycles. The normalized spacial score (nSPS) is 18.2. The van der Waals surface area contributed by atoms with Crippen molar-refractivity contribution in [2.45, 2.75) is 31.7 Å². The van der Waals surface area contributed by atoms with Gasteiger partial charge in [-0.05, 0) is 69.1 Å². The second kappa shape index (κ2) is 8.52. The number of aromatic nitrogens is 1. The molecule has 3 heterocycles. The van der Waals surface area contributed by atoms with Crippen LogP contribution in [0.1, 0.15) is 46.4 Å². The lowest BCUT2D eigenvalue weighted by Gasteiger charge is -2.36. The van der Waals surface area contributed by atoms with E-state index in [0.29, 0.717) is 22.9 Å². The summed E-state index contributed by atoms with van der Waals surface area (Å²) in [6.45, 7) is 4.01. The Balaban J connectivity index is 1.37. The van der Waals surface area contributed by atoms with Crippen molar-refractivity contribution in [3.05, 3.63) is 59.9 Å². The van der Waals surface area contributed by atoms with E-state index >= 15 is 0 Å². The molecule has 0 unspecified atom stereocenters. The van der Waals surface area contributed by atoms with Crippen molar-refractivity contribution in [3.8, 4) is 0 Å². The van der Waals surface area contributed by atoms with Crippen molar-refractivity contribution >= 4 is 17.5 Å². The third kappa shape index (κ3) is 4.22. The van der Waals surface area contributed by atoms with Crippen LogP contribution < -0.4 is 5.32 Å². The first-order valence-corrected chi connectivity index (χ1v) is 10.1. The maximum absolute atomic E-state index is 12.9. The Bertz CT molecular complexity index is 825. The summed E-state index contributed by atoms with van der Waals surface area (Å²) in [4.78, 5) is 33.7. The van der Waals surface area contributed by atoms with Crippen LogP contribution >= 0.6 is 0 Å². The molecule has 4 rings (SSSR count). The number of rotatable bonds is 4. The lowest BCUT2D eigenvalue weighted by atomic mass is 10.0. The van der Waals surface area contributed by atoms with Gasteiger partial charge in [0, 0.05) is 42.8 Å². The predicted molar refractivity (Wildman–Crippen MR) is 108 cm³/mol. The number of nitrogens with one attached hydrogen (secondary N) is 1. The number of benzene rings is 1. The summed E-state index contributed by atoms with van der Waals surface area (Å²) in [7, 11) is 0. The number of pyridine rings is 1. The fourth-order valence-corrected chi connectivity index (χ4v) is 4.15. The van der Waals surface area contributed by atoms with Crippen LogP contribution in [-0.4, -0.2) is 58.8 Å². The summed E-state index contributed by atoms with van der Waals surface area (Å²) in [5.74, 6) is -0.193. The zero-order chi connectivity index (χ0) is 19.3. The molecule has 0 bridgehead atoms. The van der Waals surface area contributed by atoms with Crippen molar-refractivity contribution in [1.29, 1.82) is 0 Å². The van der Waals surface area contributed by atoms with Crippen molar-refractivity contribution in [3.63, 3.8) is 0 Å². The van der Waals surface area contributed by atoms with Crippen LogP contribution in [0.25, 0.3) is 0 Å². The standard InChI is InChI=1S/C22H26N4O2/c27-21(18-6-4-10-23-16-18)24-19-7-3-5-17(15-19)22(28)26-13-8-20(9-14-26)25-11-1-2-12-25/h3-7,10,15-16,20H,1-2,8-9,11-14H2,(H,24,27). The summed E-state index contributed by atoms with van der Waals surface area (Å²) >= 11 is 0. The number of piperidine rings is 1. The van der Waals surface area contributed by atoms with Crippen LogP contribution in [0.2, 0.25) is 0 Å². The third-order valence-corrected chi connectivity index (χ3v) is 5.70. The molecule has 6 heteroatoms. The number of carbonyl (C=O) groups excluding carboxylic acids is 2. The molecule has 2 amide bonds. The minimum absolute atomic E-state index is 0.0392. The first-order valence-electron chi connectivity index (χ1n) is 10.1. The average molecular weight is 378 g/mol. The van der Waals surface area contributed by atoms with Gasteiger partial charge >= 0.3 is 0 Å². The Hall–Kier alpha value is -2.73. The highest BCUT2D eigenvalue weighted by Crippen LogP contribution is 2.23. The Kier molecular flexibility index (Phi) is 5.67. The number of amides is 2. The van der Waals surface area contributed by atoms with Crippen molar-refractivity contribution in [2.24, 2.45) is 0 Å². The highest BCUT2D eigenvalue weighted by Gasteiger charge is 2.28. The number of carbonyl (C=O) groups is 2. The molecule has 0 saturated carbocycles. The molecule has 0 radical (unpaired) electrons. The molecule has 2 aliphatic heterocycles. The third-order valence-electron chi connectivity index (χ3n) is 5.70. The first kappa shape index (κ1) is 18.6. The number of anilines is 1. The lowest BCUT2D eigenvalue weighted by Crippen LogP contribution is -2.45. The van der Waals surface area contributed by atoms with E-state index in [-0.39, 0.29) is 11.8 Å². The van der Waals surface area contributed by atoms with Gasteiger partial charge in [-0.25, -0.2) is 0 Å². The summed E-state index contributed by atoms with van der Waals surface area (Å²) in [5.41, 5.74) is 1.72. The van der Waals surface area contributed by atoms with E-state index < -0.39 is 0 Å². The topological polar surface area (TPSA) is 65.5 Å². The molecule has 2 fully saturated rings. The number of likely N-dealkylation sites (tertiary alicyclic amines) is 2. The van der Waals surface area contributed by atoms with E-state index in [9.17, 15) is 9.59 Å². The maximum Gasteiger partial charge on any atom is 0.257 e. The minimum Gasteiger partial charge on any atom is -0.339 e. The number of hydrogen-bond acceptors (Lipinski definition) is 4. The Morgan fingerprint density at radius 1 is 0.964 bits per heavy atom. The van der Waals surface area contributed by atoms with Gasteiger partial charge < -0.3 is 15.1 Å². The highest BCUT2D eigenvalue weighted by molar-refractivity contribution is 6.04. The van der Waals surface area contributed by atoms with Gasteiger partial charge in [0.05, 0.1) is 5.56 Å². The van der Waals surface area contributed by atoms with E-state index in [1.54, 1.807) is 30.5 Å². The largest absolute Gasteiger partial charge is 0.339 e. The van der Waals surface area contributed by atoms with E-state index in [1.807, 2.05) is 17.0 Å². The zero-order valence-electron chi connectivity index (χ0n) is 16.0. The Morgan fingerprint density at radius 2 is 1.71 bits per heavy atom. The van der Waals surface area contributed by atoms with Crippen LogP contribution in [0.5, 0.6) is 0 Å². The van der Waals surface area contributed by atoms with Gasteiger partial charge in [0.2, 0.25) is 0 Å². The van der Waals surface area contributed by atoms with Gasteiger partial charge in [0.1, 0.15) is 0 Å². The lowest BCUT2D eigenvalue weighted by molar-refractivity contribution is 0.0644. The molecule has 28 heavy (non-hydrogen) atoms. The van der Waals surface area contributed by atoms with Gasteiger partial charge in [0.25, 0.3) is 11.8 Å². The second-order valence-corrected chi connectivity index (χ2v) is 7.54. The molecule has 146 valence electrons. The van der Waals surface area contributed by atoms with Crippen LogP contribution in [0.4, 0.5) is 5.69 Å². The van der Waals surface area contributed by atoms with Crippen LogP contribution in [-0.2, 0) is 0 Å². The summed E-state index contributed by atoms with van der Waals surface area (Å²) in [6.07, 6.45) is 7.84. The van der Waals surface area contributed by atoms with Gasteiger partial charge in [-0.2, -0.15) is 0 Å². The quantitative estimate of drug-likeness (QED) is 0.888. The second-order valence-electron chi connectivity index (χ2n) is 7.54. The van der Waals surface area contributed by atoms with Crippen molar-refractivity contribution < 1.29 is 9.59 Å². The molecule has 1 aromatic heterocycles. The molecule has 0 aliphatic carbocycles. The van der Waals surface area contributed by atoms with Crippen LogP contribution in [0.15, 0.2) is 48.8 Å². The van der Waals surface area contributed by atoms with E-state index in [1.165, 1.54) is 32.1 Å². The average Bonchev–Trinajstić information content (AvgIpc) is 3.29. The Morgan fingerprint density at radius 3 is 2.43 bits per heavy atom. The molecule has 0 atom stereocenters. The smallest absolute Gasteiger partial charge is 0.257 e. The zero-order valence-corrected chi connectivity index (χ0v) is 16.0. The van der Waals surface area contributed by atoms with E-state index in [2.05, 4.69) is 15.2 Å². The van der Waals surface area contributed by atoms with Crippen molar-refractivity contribution in [1.82, 2.24) is 14.8 Å². The molecule has 0 spiro atoms. The summed E-state index contributed by atoms with van der Waals surface area (Å²) < 4.78 is 0. The number of hydrogen-bond donors (Lipinski definition) is 1. The van der Waals surface area contributed by atoms with Crippen molar-refractivity contribution in [2.75, 3.05) is 31.5 Å². The molecular formula is C22H26N4O2. The van der Waals surface area contributed by atoms with E-state index in [4.69, 9.17) is 0 Å². The van der Waals surface area contributed by atoms with E-state index in [0.717, 1.165) is 25.9 Å². The molecule has 6 nitrogen and oxygen atoms in total. The molecule has 1 N–H and O–H groups in total. The van der Waals surface area contributed by atoms with Gasteiger partial charge in [-0.3, -0.25) is 14.6 Å². The fraction of sp³-hybridized carbons (Fsp3) is 0.409. The number of nitrogens with zero attached hydrogens (tertiary/aromatic N) is 3. The fourth-order valence-electron chi connectivity index (χ4n) is 4.15.